The lowest BCUT2D eigenvalue weighted by Crippen LogP contribution is -2.48. The van der Waals surface area contributed by atoms with Gasteiger partial charge in [-0.05, 0) is 12.1 Å². The Hall–Kier alpha value is -2.11. The van der Waals surface area contributed by atoms with Crippen LogP contribution in [0.2, 0.25) is 0 Å². The molecule has 1 heterocycles. The molecule has 1 N–H and O–H groups in total. The summed E-state index contributed by atoms with van der Waals surface area (Å²) in [5.41, 5.74) is 0.0643. The minimum Gasteiger partial charge on any atom is -0.478 e. The van der Waals surface area contributed by atoms with Crippen LogP contribution in [0.5, 0.6) is 0 Å². The Labute approximate surface area is 110 Å². The minimum atomic E-state index is -1.15. The van der Waals surface area contributed by atoms with Crippen molar-refractivity contribution in [1.82, 2.24) is 4.90 Å². The maximum absolute atomic E-state index is 13.9. The van der Waals surface area contributed by atoms with Crippen LogP contribution in [0.15, 0.2) is 18.2 Å². The summed E-state index contributed by atoms with van der Waals surface area (Å²) in [4.78, 5) is 25.7. The molecule has 0 unspecified atom stereocenters. The summed E-state index contributed by atoms with van der Waals surface area (Å²) in [5.74, 6) is -1.72. The molecule has 6 heteroatoms. The molecule has 5 nitrogen and oxygen atoms in total. The van der Waals surface area contributed by atoms with E-state index in [1.54, 1.807) is 9.80 Å². The van der Waals surface area contributed by atoms with Crippen LogP contribution in [-0.4, -0.2) is 48.1 Å². The van der Waals surface area contributed by atoms with E-state index < -0.39 is 11.8 Å². The third kappa shape index (κ3) is 2.67. The number of piperazine rings is 1. The molecule has 0 aromatic heterocycles. The second-order valence-electron chi connectivity index (χ2n) is 4.43. The summed E-state index contributed by atoms with van der Waals surface area (Å²) in [6.45, 7) is 3.30. The maximum Gasteiger partial charge on any atom is 0.337 e. The molecule has 1 aromatic rings. The van der Waals surface area contributed by atoms with Gasteiger partial charge in [-0.2, -0.15) is 0 Å². The van der Waals surface area contributed by atoms with Crippen LogP contribution in [0.4, 0.5) is 10.1 Å². The lowest BCUT2D eigenvalue weighted by molar-refractivity contribution is -0.129. The van der Waals surface area contributed by atoms with Gasteiger partial charge in [0.15, 0.2) is 0 Å². The Balaban J connectivity index is 2.24. The molecule has 0 atom stereocenters. The molecule has 1 aliphatic rings. The smallest absolute Gasteiger partial charge is 0.337 e. The van der Waals surface area contributed by atoms with E-state index in [1.807, 2.05) is 0 Å². The number of carbonyl (C=O) groups is 2. The Kier molecular flexibility index (Phi) is 3.69. The quantitative estimate of drug-likeness (QED) is 0.873. The Bertz CT molecular complexity index is 511. The standard InChI is InChI=1S/C13H15FN2O3/c1-9(17)15-5-7-16(8-6-15)12-10(13(18)19)3-2-4-11(12)14/h2-4H,5-8H2,1H3,(H,18,19). The average Bonchev–Trinajstić information content (AvgIpc) is 2.38. The Morgan fingerprint density at radius 1 is 1.21 bits per heavy atom. The number of hydrogen-bond donors (Lipinski definition) is 1. The molecule has 19 heavy (non-hydrogen) atoms. The number of anilines is 1. The van der Waals surface area contributed by atoms with Crippen LogP contribution < -0.4 is 4.90 Å². The number of nitrogens with zero attached hydrogens (tertiary/aromatic N) is 2. The number of carboxylic acid groups (broad SMARTS) is 1. The number of aromatic carboxylic acids is 1. The van der Waals surface area contributed by atoms with Gasteiger partial charge in [-0.1, -0.05) is 6.07 Å². The van der Waals surface area contributed by atoms with Crippen molar-refractivity contribution in [2.24, 2.45) is 0 Å². The number of carboxylic acids is 1. The van der Waals surface area contributed by atoms with E-state index in [0.717, 1.165) is 0 Å². The van der Waals surface area contributed by atoms with Gasteiger partial charge in [0.25, 0.3) is 0 Å². The predicted octanol–water partition coefficient (Wildman–Crippen LogP) is 1.19. The molecule has 0 spiro atoms. The van der Waals surface area contributed by atoms with Crippen molar-refractivity contribution < 1.29 is 19.1 Å². The van der Waals surface area contributed by atoms with E-state index in [9.17, 15) is 14.0 Å². The second kappa shape index (κ2) is 5.26. The van der Waals surface area contributed by atoms with E-state index in [1.165, 1.54) is 25.1 Å². The second-order valence-corrected chi connectivity index (χ2v) is 4.43. The first-order valence-corrected chi connectivity index (χ1v) is 6.03. The highest BCUT2D eigenvalue weighted by atomic mass is 19.1. The number of benzene rings is 1. The molecule has 0 radical (unpaired) electrons. The summed E-state index contributed by atoms with van der Waals surface area (Å²) in [6, 6.07) is 4.02. The van der Waals surface area contributed by atoms with Gasteiger partial charge in [0.2, 0.25) is 5.91 Å². The first-order chi connectivity index (χ1) is 9.00. The monoisotopic (exact) mass is 266 g/mol. The Morgan fingerprint density at radius 3 is 2.37 bits per heavy atom. The molecule has 1 fully saturated rings. The van der Waals surface area contributed by atoms with Gasteiger partial charge in [0.05, 0.1) is 11.3 Å². The number of hydrogen-bond acceptors (Lipinski definition) is 3. The van der Waals surface area contributed by atoms with E-state index in [-0.39, 0.29) is 17.2 Å². The van der Waals surface area contributed by atoms with Crippen molar-refractivity contribution in [3.8, 4) is 0 Å². The number of para-hydroxylation sites is 1. The van der Waals surface area contributed by atoms with Crippen molar-refractivity contribution in [3.63, 3.8) is 0 Å². The van der Waals surface area contributed by atoms with Gasteiger partial charge in [0, 0.05) is 33.1 Å². The fraction of sp³-hybridized carbons (Fsp3) is 0.385. The Morgan fingerprint density at radius 2 is 1.84 bits per heavy atom. The van der Waals surface area contributed by atoms with Crippen LogP contribution in [0.3, 0.4) is 0 Å². The normalized spacial score (nSPS) is 15.5. The van der Waals surface area contributed by atoms with Gasteiger partial charge in [0.1, 0.15) is 5.82 Å². The van der Waals surface area contributed by atoms with E-state index in [2.05, 4.69) is 0 Å². The summed E-state index contributed by atoms with van der Waals surface area (Å²) in [5, 5.41) is 9.10. The third-order valence-electron chi connectivity index (χ3n) is 3.26. The SMILES string of the molecule is CC(=O)N1CCN(c2c(F)cccc2C(=O)O)CC1. The number of halogens is 1. The molecule has 2 rings (SSSR count). The largest absolute Gasteiger partial charge is 0.478 e. The molecule has 0 saturated carbocycles. The zero-order chi connectivity index (χ0) is 14.0. The molecule has 102 valence electrons. The van der Waals surface area contributed by atoms with Crippen molar-refractivity contribution in [3.05, 3.63) is 29.6 Å². The minimum absolute atomic E-state index is 0.0216. The van der Waals surface area contributed by atoms with Crippen LogP contribution >= 0.6 is 0 Å². The van der Waals surface area contributed by atoms with E-state index >= 15 is 0 Å². The topological polar surface area (TPSA) is 60.9 Å². The van der Waals surface area contributed by atoms with Gasteiger partial charge in [-0.25, -0.2) is 9.18 Å². The van der Waals surface area contributed by atoms with Gasteiger partial charge < -0.3 is 14.9 Å². The molecule has 1 saturated heterocycles. The third-order valence-corrected chi connectivity index (χ3v) is 3.26. The molecule has 1 amide bonds. The number of carbonyl (C=O) groups excluding carboxylic acids is 1. The van der Waals surface area contributed by atoms with Gasteiger partial charge >= 0.3 is 5.97 Å². The van der Waals surface area contributed by atoms with Crippen LogP contribution in [-0.2, 0) is 4.79 Å². The van der Waals surface area contributed by atoms with Crippen LogP contribution in [0.1, 0.15) is 17.3 Å². The first-order valence-electron chi connectivity index (χ1n) is 6.03. The van der Waals surface area contributed by atoms with Crippen molar-refractivity contribution in [2.75, 3.05) is 31.1 Å². The van der Waals surface area contributed by atoms with Crippen molar-refractivity contribution >= 4 is 17.6 Å². The van der Waals surface area contributed by atoms with Gasteiger partial charge in [-0.3, -0.25) is 4.79 Å². The first kappa shape index (κ1) is 13.3. The van der Waals surface area contributed by atoms with Crippen molar-refractivity contribution in [1.29, 1.82) is 0 Å². The highest BCUT2D eigenvalue weighted by Crippen LogP contribution is 2.25. The fourth-order valence-electron chi connectivity index (χ4n) is 2.25. The lowest BCUT2D eigenvalue weighted by atomic mass is 10.1. The molecule has 1 aliphatic heterocycles. The zero-order valence-electron chi connectivity index (χ0n) is 10.6. The molecule has 0 aliphatic carbocycles. The summed E-state index contributed by atoms with van der Waals surface area (Å²) in [6.07, 6.45) is 0. The summed E-state index contributed by atoms with van der Waals surface area (Å²) >= 11 is 0. The fourth-order valence-corrected chi connectivity index (χ4v) is 2.25. The molecule has 0 bridgehead atoms. The lowest BCUT2D eigenvalue weighted by Gasteiger charge is -2.36. The molecular weight excluding hydrogens is 251 g/mol. The van der Waals surface area contributed by atoms with Crippen LogP contribution in [0.25, 0.3) is 0 Å². The van der Waals surface area contributed by atoms with Crippen LogP contribution in [0, 0.1) is 5.82 Å². The zero-order valence-corrected chi connectivity index (χ0v) is 10.6. The number of rotatable bonds is 2. The van der Waals surface area contributed by atoms with Gasteiger partial charge in [-0.15, -0.1) is 0 Å². The maximum atomic E-state index is 13.9. The van der Waals surface area contributed by atoms with Crippen molar-refractivity contribution in [2.45, 2.75) is 6.92 Å². The van der Waals surface area contributed by atoms with E-state index in [4.69, 9.17) is 5.11 Å². The molecule has 1 aromatic carbocycles. The highest BCUT2D eigenvalue weighted by Gasteiger charge is 2.24. The summed E-state index contributed by atoms with van der Waals surface area (Å²) < 4.78 is 13.9. The number of amides is 1. The predicted molar refractivity (Wildman–Crippen MR) is 67.8 cm³/mol. The highest BCUT2D eigenvalue weighted by molar-refractivity contribution is 5.94. The average molecular weight is 266 g/mol. The summed E-state index contributed by atoms with van der Waals surface area (Å²) in [7, 11) is 0. The van der Waals surface area contributed by atoms with E-state index in [0.29, 0.717) is 26.2 Å². The molecular formula is C13H15FN2O3.